The average Bonchev–Trinajstić information content (AvgIpc) is 2.96. The van der Waals surface area contributed by atoms with E-state index >= 15 is 0 Å². The SMILES string of the molecule is Clc1ccc(CSc2ncc(-c3ccc(Cl)cc3)[nH]2)cc1. The summed E-state index contributed by atoms with van der Waals surface area (Å²) in [5, 5.41) is 2.39. The van der Waals surface area contributed by atoms with E-state index in [1.54, 1.807) is 11.8 Å². The number of aromatic amines is 1. The van der Waals surface area contributed by atoms with Crippen molar-refractivity contribution in [3.63, 3.8) is 0 Å². The van der Waals surface area contributed by atoms with Crippen LogP contribution in [0.2, 0.25) is 10.0 Å². The monoisotopic (exact) mass is 334 g/mol. The summed E-state index contributed by atoms with van der Waals surface area (Å²) in [4.78, 5) is 7.71. The second-order valence-electron chi connectivity index (χ2n) is 4.52. The Morgan fingerprint density at radius 2 is 1.52 bits per heavy atom. The number of nitrogens with one attached hydrogen (secondary N) is 1. The van der Waals surface area contributed by atoms with Crippen molar-refractivity contribution in [2.75, 3.05) is 0 Å². The Morgan fingerprint density at radius 1 is 0.905 bits per heavy atom. The normalized spacial score (nSPS) is 10.8. The largest absolute Gasteiger partial charge is 0.333 e. The van der Waals surface area contributed by atoms with Crippen LogP contribution in [0.15, 0.2) is 59.9 Å². The fraction of sp³-hybridized carbons (Fsp3) is 0.0625. The number of hydrogen-bond acceptors (Lipinski definition) is 2. The Morgan fingerprint density at radius 3 is 2.19 bits per heavy atom. The van der Waals surface area contributed by atoms with Crippen LogP contribution in [0.25, 0.3) is 11.3 Å². The summed E-state index contributed by atoms with van der Waals surface area (Å²) >= 11 is 13.4. The summed E-state index contributed by atoms with van der Waals surface area (Å²) in [7, 11) is 0. The van der Waals surface area contributed by atoms with Gasteiger partial charge in [-0.2, -0.15) is 0 Å². The van der Waals surface area contributed by atoms with Gasteiger partial charge in [0.25, 0.3) is 0 Å². The van der Waals surface area contributed by atoms with Crippen LogP contribution in [0.5, 0.6) is 0 Å². The molecular weight excluding hydrogens is 323 g/mol. The van der Waals surface area contributed by atoms with Crippen LogP contribution >= 0.6 is 35.0 Å². The molecule has 1 aromatic heterocycles. The predicted molar refractivity (Wildman–Crippen MR) is 90.0 cm³/mol. The van der Waals surface area contributed by atoms with Crippen molar-refractivity contribution in [3.8, 4) is 11.3 Å². The molecule has 0 fully saturated rings. The molecule has 1 heterocycles. The third-order valence-corrected chi connectivity index (χ3v) is 4.46. The van der Waals surface area contributed by atoms with Crippen molar-refractivity contribution >= 4 is 35.0 Å². The van der Waals surface area contributed by atoms with E-state index in [0.717, 1.165) is 32.2 Å². The first-order chi connectivity index (χ1) is 10.2. The highest BCUT2D eigenvalue weighted by Crippen LogP contribution is 2.25. The lowest BCUT2D eigenvalue weighted by Crippen LogP contribution is -1.82. The van der Waals surface area contributed by atoms with Crippen LogP contribution in [0.4, 0.5) is 0 Å². The summed E-state index contributed by atoms with van der Waals surface area (Å²) in [6.45, 7) is 0. The average molecular weight is 335 g/mol. The van der Waals surface area contributed by atoms with Gasteiger partial charge < -0.3 is 4.98 Å². The zero-order valence-corrected chi connectivity index (χ0v) is 13.3. The maximum atomic E-state index is 5.89. The van der Waals surface area contributed by atoms with Crippen LogP contribution in [-0.2, 0) is 5.75 Å². The minimum Gasteiger partial charge on any atom is -0.333 e. The van der Waals surface area contributed by atoms with E-state index in [4.69, 9.17) is 23.2 Å². The minimum absolute atomic E-state index is 0.732. The second-order valence-corrected chi connectivity index (χ2v) is 6.36. The van der Waals surface area contributed by atoms with Crippen molar-refractivity contribution in [2.24, 2.45) is 0 Å². The highest BCUT2D eigenvalue weighted by molar-refractivity contribution is 7.98. The molecule has 0 aliphatic heterocycles. The molecule has 0 aliphatic carbocycles. The number of nitrogens with zero attached hydrogens (tertiary/aromatic N) is 1. The molecule has 21 heavy (non-hydrogen) atoms. The number of halogens is 2. The van der Waals surface area contributed by atoms with Gasteiger partial charge in [-0.25, -0.2) is 4.98 Å². The number of hydrogen-bond donors (Lipinski definition) is 1. The summed E-state index contributed by atoms with van der Waals surface area (Å²) in [5.74, 6) is 0.852. The van der Waals surface area contributed by atoms with E-state index in [0.29, 0.717) is 0 Å². The summed E-state index contributed by atoms with van der Waals surface area (Å²) in [6.07, 6.45) is 1.84. The van der Waals surface area contributed by atoms with E-state index in [1.807, 2.05) is 54.7 Å². The number of H-pyrrole nitrogens is 1. The zero-order valence-electron chi connectivity index (χ0n) is 11.0. The Kier molecular flexibility index (Phi) is 4.54. The van der Waals surface area contributed by atoms with E-state index in [-0.39, 0.29) is 0 Å². The lowest BCUT2D eigenvalue weighted by Gasteiger charge is -2.00. The van der Waals surface area contributed by atoms with E-state index in [9.17, 15) is 0 Å². The number of benzene rings is 2. The second kappa shape index (κ2) is 6.56. The highest BCUT2D eigenvalue weighted by Gasteiger charge is 2.04. The van der Waals surface area contributed by atoms with E-state index in [1.165, 1.54) is 5.56 Å². The molecule has 3 aromatic rings. The third-order valence-electron chi connectivity index (χ3n) is 3.00. The van der Waals surface area contributed by atoms with Gasteiger partial charge in [0.05, 0.1) is 11.9 Å². The Hall–Kier alpha value is -1.42. The molecule has 2 aromatic carbocycles. The van der Waals surface area contributed by atoms with E-state index in [2.05, 4.69) is 9.97 Å². The molecule has 0 spiro atoms. The Bertz CT molecular complexity index is 721. The lowest BCUT2D eigenvalue weighted by atomic mass is 10.2. The molecule has 5 heteroatoms. The molecule has 1 N–H and O–H groups in total. The summed E-state index contributed by atoms with van der Waals surface area (Å²) in [6, 6.07) is 15.6. The van der Waals surface area contributed by atoms with Crippen LogP contribution in [0.3, 0.4) is 0 Å². The third kappa shape index (κ3) is 3.82. The molecule has 0 saturated heterocycles. The van der Waals surface area contributed by atoms with Gasteiger partial charge in [0, 0.05) is 15.8 Å². The number of imidazole rings is 1. The quantitative estimate of drug-likeness (QED) is 0.622. The molecule has 0 radical (unpaired) electrons. The fourth-order valence-electron chi connectivity index (χ4n) is 1.88. The van der Waals surface area contributed by atoms with Crippen molar-refractivity contribution in [2.45, 2.75) is 10.9 Å². The minimum atomic E-state index is 0.732. The topological polar surface area (TPSA) is 28.7 Å². The molecule has 0 unspecified atom stereocenters. The van der Waals surface area contributed by atoms with Crippen LogP contribution in [0, 0.1) is 0 Å². The standard InChI is InChI=1S/C16H12Cl2N2S/c17-13-5-1-11(2-6-13)10-21-16-19-9-15(20-16)12-3-7-14(18)8-4-12/h1-9H,10H2,(H,19,20). The van der Waals surface area contributed by atoms with Gasteiger partial charge in [0.2, 0.25) is 0 Å². The number of thioether (sulfide) groups is 1. The van der Waals surface area contributed by atoms with Gasteiger partial charge in [-0.15, -0.1) is 0 Å². The first-order valence-corrected chi connectivity index (χ1v) is 8.13. The van der Waals surface area contributed by atoms with Crippen molar-refractivity contribution in [1.29, 1.82) is 0 Å². The van der Waals surface area contributed by atoms with Gasteiger partial charge in [0.1, 0.15) is 0 Å². The summed E-state index contributed by atoms with van der Waals surface area (Å²) < 4.78 is 0. The number of rotatable bonds is 4. The smallest absolute Gasteiger partial charge is 0.166 e. The van der Waals surface area contributed by atoms with Gasteiger partial charge in [-0.05, 0) is 35.4 Å². The summed E-state index contributed by atoms with van der Waals surface area (Å²) in [5.41, 5.74) is 3.28. The maximum Gasteiger partial charge on any atom is 0.166 e. The molecule has 3 rings (SSSR count). The van der Waals surface area contributed by atoms with Crippen LogP contribution < -0.4 is 0 Å². The van der Waals surface area contributed by atoms with Crippen LogP contribution in [-0.4, -0.2) is 9.97 Å². The molecular formula is C16H12Cl2N2S. The Balaban J connectivity index is 1.67. The number of aromatic nitrogens is 2. The first-order valence-electron chi connectivity index (χ1n) is 6.39. The van der Waals surface area contributed by atoms with Crippen molar-refractivity contribution in [1.82, 2.24) is 9.97 Å². The molecule has 0 saturated carbocycles. The first kappa shape index (κ1) is 14.5. The van der Waals surface area contributed by atoms with Crippen LogP contribution in [0.1, 0.15) is 5.56 Å². The molecule has 0 aliphatic rings. The lowest BCUT2D eigenvalue weighted by molar-refractivity contribution is 1.06. The van der Waals surface area contributed by atoms with E-state index < -0.39 is 0 Å². The Labute approximate surface area is 137 Å². The maximum absolute atomic E-state index is 5.89. The van der Waals surface area contributed by atoms with Gasteiger partial charge in [-0.1, -0.05) is 59.2 Å². The highest BCUT2D eigenvalue weighted by atomic mass is 35.5. The molecule has 106 valence electrons. The van der Waals surface area contributed by atoms with Crippen molar-refractivity contribution in [3.05, 3.63) is 70.3 Å². The predicted octanol–water partition coefficient (Wildman–Crippen LogP) is 5.68. The fourth-order valence-corrected chi connectivity index (χ4v) is 2.94. The van der Waals surface area contributed by atoms with Gasteiger partial charge in [0.15, 0.2) is 5.16 Å². The molecule has 0 atom stereocenters. The van der Waals surface area contributed by atoms with Crippen molar-refractivity contribution < 1.29 is 0 Å². The zero-order chi connectivity index (χ0) is 14.7. The molecule has 0 amide bonds. The molecule has 0 bridgehead atoms. The molecule has 2 nitrogen and oxygen atoms in total. The van der Waals surface area contributed by atoms with Gasteiger partial charge >= 0.3 is 0 Å². The van der Waals surface area contributed by atoms with Gasteiger partial charge in [-0.3, -0.25) is 0 Å².